The van der Waals surface area contributed by atoms with Gasteiger partial charge in [0.25, 0.3) is 0 Å². The molecule has 0 unspecified atom stereocenters. The van der Waals surface area contributed by atoms with E-state index < -0.39 is 23.8 Å². The van der Waals surface area contributed by atoms with Gasteiger partial charge in [-0.05, 0) is 0 Å². The zero-order chi connectivity index (χ0) is 9.47. The largest absolute Gasteiger partial charge is 0.476 e. The maximum absolute atomic E-state index is 9.74. The molecule has 0 aromatic rings. The summed E-state index contributed by atoms with van der Waals surface area (Å²) in [5, 5.41) is 18.9. The topological polar surface area (TPSA) is 71.3 Å². The molecule has 0 aliphatic carbocycles. The second-order valence-corrected chi connectivity index (χ2v) is 3.30. The summed E-state index contributed by atoms with van der Waals surface area (Å²) in [6.45, 7) is -0.159. The molecule has 1 saturated heterocycles. The fourth-order valence-electron chi connectivity index (χ4n) is 1.66. The van der Waals surface area contributed by atoms with Crippen LogP contribution in [0.2, 0.25) is 0 Å². The Balaban J connectivity index is 2.30. The molecule has 2 aliphatic heterocycles. The molecule has 2 rings (SSSR count). The number of hydrogen-bond acceptors (Lipinski definition) is 5. The third kappa shape index (κ3) is 1.17. The normalized spacial score (nSPS) is 48.6. The molecule has 6 heteroatoms. The summed E-state index contributed by atoms with van der Waals surface area (Å²) < 4.78 is 10.3. The van der Waals surface area contributed by atoms with Gasteiger partial charge in [0.05, 0.1) is 19.2 Å². The van der Waals surface area contributed by atoms with E-state index in [0.29, 0.717) is 0 Å². The number of rotatable bonds is 1. The maximum Gasteiger partial charge on any atom is 0.170 e. The Hall–Kier alpha value is -0.585. The smallest absolute Gasteiger partial charge is 0.170 e. The van der Waals surface area contributed by atoms with Crippen LogP contribution < -0.4 is 0 Å². The van der Waals surface area contributed by atoms with Gasteiger partial charge in [-0.15, -0.1) is 0 Å². The number of fused-ring (bicyclic) bond motifs is 2. The van der Waals surface area contributed by atoms with Crippen LogP contribution in [0.25, 0.3) is 0 Å². The minimum atomic E-state index is -1.09. The summed E-state index contributed by atoms with van der Waals surface area (Å²) >= 11 is 0. The Kier molecular flexibility index (Phi) is 2.05. The molecule has 2 N–H and O–H groups in total. The molecule has 70 valence electrons. The monoisotopic (exact) mass is 183 g/mol. The highest BCUT2D eigenvalue weighted by atomic mass is 16.6. The molecule has 0 spiro atoms. The minimum Gasteiger partial charge on any atom is -0.476 e. The van der Waals surface area contributed by atoms with Crippen molar-refractivity contribution in [2.24, 2.45) is 4.99 Å². The van der Waals surface area contributed by atoms with Crippen molar-refractivity contribution in [2.45, 2.75) is 23.8 Å². The van der Waals surface area contributed by atoms with Gasteiger partial charge in [0.1, 0.15) is 25.7 Å². The summed E-state index contributed by atoms with van der Waals surface area (Å²) in [4.78, 5) is 3.83. The van der Waals surface area contributed by atoms with Crippen LogP contribution in [-0.4, -0.2) is 61.4 Å². The van der Waals surface area contributed by atoms with Gasteiger partial charge in [0.15, 0.2) is 6.40 Å². The van der Waals surface area contributed by atoms with Crippen molar-refractivity contribution in [3.8, 4) is 0 Å². The Labute approximate surface area is 76.8 Å². The Morgan fingerprint density at radius 3 is 3.15 bits per heavy atom. The van der Waals surface area contributed by atoms with Crippen LogP contribution in [0.4, 0.5) is 0 Å². The lowest BCUT2D eigenvalue weighted by atomic mass is 9.89. The van der Waals surface area contributed by atoms with Gasteiger partial charge in [0.2, 0.25) is 0 Å². The van der Waals surface area contributed by atoms with Gasteiger partial charge in [-0.1, -0.05) is 0 Å². The van der Waals surface area contributed by atoms with Crippen LogP contribution in [0.5, 0.6) is 0 Å². The van der Waals surface area contributed by atoms with Crippen molar-refractivity contribution < 1.29 is 19.7 Å². The zero-order valence-electron chi connectivity index (χ0n) is 6.96. The van der Waals surface area contributed by atoms with Gasteiger partial charge < -0.3 is 19.7 Å². The van der Waals surface area contributed by atoms with Crippen molar-refractivity contribution >= 4 is 14.2 Å². The molecule has 13 heavy (non-hydrogen) atoms. The summed E-state index contributed by atoms with van der Waals surface area (Å²) in [5.41, 5.74) is -1.09. The average molecular weight is 183 g/mol. The number of aliphatic hydroxyl groups excluding tert-OH is 2. The van der Waals surface area contributed by atoms with Gasteiger partial charge in [-0.25, -0.2) is 0 Å². The Morgan fingerprint density at radius 1 is 1.69 bits per heavy atom. The van der Waals surface area contributed by atoms with E-state index in [1.54, 1.807) is 0 Å². The summed E-state index contributed by atoms with van der Waals surface area (Å²) in [7, 11) is 5.56. The first-order valence-electron chi connectivity index (χ1n) is 4.06. The Morgan fingerprint density at radius 2 is 2.46 bits per heavy atom. The van der Waals surface area contributed by atoms with Crippen LogP contribution >= 0.6 is 0 Å². The highest BCUT2D eigenvalue weighted by Crippen LogP contribution is 2.33. The van der Waals surface area contributed by atoms with Gasteiger partial charge in [-0.2, -0.15) is 0 Å². The van der Waals surface area contributed by atoms with Crippen molar-refractivity contribution in [2.75, 3.05) is 13.2 Å². The van der Waals surface area contributed by atoms with Crippen molar-refractivity contribution in [3.63, 3.8) is 0 Å². The minimum absolute atomic E-state index is 0.162. The van der Waals surface area contributed by atoms with Crippen molar-refractivity contribution in [3.05, 3.63) is 0 Å². The molecule has 2 bridgehead atoms. The van der Waals surface area contributed by atoms with Crippen LogP contribution in [0.15, 0.2) is 4.99 Å². The summed E-state index contributed by atoms with van der Waals surface area (Å²) in [6, 6.07) is -0.714. The van der Waals surface area contributed by atoms with Gasteiger partial charge in [-0.3, -0.25) is 4.99 Å². The SMILES string of the molecule is [B][C@@H]1O[C@@]2(CO)CN=CO[C@@H]1[C@@H]2O. The van der Waals surface area contributed by atoms with Crippen LogP contribution in [0.3, 0.4) is 0 Å². The highest BCUT2D eigenvalue weighted by molar-refractivity contribution is 6.11. The molecule has 0 aromatic carbocycles. The third-order valence-electron chi connectivity index (χ3n) is 2.46. The van der Waals surface area contributed by atoms with Gasteiger partial charge in [0, 0.05) is 0 Å². The number of aliphatic hydroxyl groups is 2. The quantitative estimate of drug-likeness (QED) is 0.462. The third-order valence-corrected chi connectivity index (χ3v) is 2.46. The zero-order valence-corrected chi connectivity index (χ0v) is 6.96. The average Bonchev–Trinajstić information content (AvgIpc) is 2.26. The first-order valence-corrected chi connectivity index (χ1v) is 4.06. The molecular weight excluding hydrogens is 173 g/mol. The second-order valence-electron chi connectivity index (χ2n) is 3.30. The van der Waals surface area contributed by atoms with Crippen LogP contribution in [0.1, 0.15) is 0 Å². The maximum atomic E-state index is 9.74. The van der Waals surface area contributed by atoms with E-state index >= 15 is 0 Å². The Bertz CT molecular complexity index is 237. The van der Waals surface area contributed by atoms with E-state index in [2.05, 4.69) is 4.99 Å². The second kappa shape index (κ2) is 2.97. The molecule has 0 amide bonds. The number of hydrogen-bond donors (Lipinski definition) is 2. The van der Waals surface area contributed by atoms with E-state index in [9.17, 15) is 5.11 Å². The lowest BCUT2D eigenvalue weighted by Gasteiger charge is -2.26. The molecule has 0 saturated carbocycles. The van der Waals surface area contributed by atoms with Crippen LogP contribution in [-0.2, 0) is 9.47 Å². The lowest BCUT2D eigenvalue weighted by Crippen LogP contribution is -2.48. The number of nitrogens with zero attached hydrogens (tertiary/aromatic N) is 1. The lowest BCUT2D eigenvalue weighted by molar-refractivity contribution is -0.0904. The molecule has 0 aromatic heterocycles. The highest BCUT2D eigenvalue weighted by Gasteiger charge is 2.54. The van der Waals surface area contributed by atoms with Crippen molar-refractivity contribution in [1.82, 2.24) is 0 Å². The van der Waals surface area contributed by atoms with Crippen LogP contribution in [0, 0.1) is 0 Å². The summed E-state index contributed by atoms with van der Waals surface area (Å²) in [6.07, 6.45) is -0.332. The van der Waals surface area contributed by atoms with E-state index in [1.807, 2.05) is 0 Å². The molecule has 5 nitrogen and oxygen atoms in total. The number of ether oxygens (including phenoxy) is 2. The summed E-state index contributed by atoms with van der Waals surface area (Å²) in [5.74, 6) is 0. The van der Waals surface area contributed by atoms with E-state index in [1.165, 1.54) is 6.40 Å². The number of aliphatic imine (C=N–C) groups is 1. The standard InChI is InChI=1S/C7H10BNO4/c8-6-4-5(11)7(2-10,13-6)1-9-3-12-4/h3-6,10-11H,1-2H2/t4-,5+,6-,7-/m1/s1. The van der Waals surface area contributed by atoms with E-state index in [4.69, 9.17) is 22.4 Å². The van der Waals surface area contributed by atoms with E-state index in [0.717, 1.165) is 0 Å². The molecule has 1 fully saturated rings. The fourth-order valence-corrected chi connectivity index (χ4v) is 1.66. The van der Waals surface area contributed by atoms with Crippen molar-refractivity contribution in [1.29, 1.82) is 0 Å². The predicted octanol–water partition coefficient (Wildman–Crippen LogP) is -1.97. The molecule has 2 aliphatic rings. The van der Waals surface area contributed by atoms with E-state index in [-0.39, 0.29) is 13.2 Å². The molecule has 2 radical (unpaired) electrons. The van der Waals surface area contributed by atoms with Gasteiger partial charge >= 0.3 is 0 Å². The first kappa shape index (κ1) is 8.99. The molecular formula is C7H10BNO4. The fraction of sp³-hybridized carbons (Fsp3) is 0.857. The first-order chi connectivity index (χ1) is 6.19. The predicted molar refractivity (Wildman–Crippen MR) is 44.7 cm³/mol. The molecule has 4 atom stereocenters. The molecule has 2 heterocycles.